The van der Waals surface area contributed by atoms with E-state index in [9.17, 15) is 9.90 Å². The van der Waals surface area contributed by atoms with Gasteiger partial charge in [0.15, 0.2) is 0 Å². The summed E-state index contributed by atoms with van der Waals surface area (Å²) in [7, 11) is 0. The summed E-state index contributed by atoms with van der Waals surface area (Å²) < 4.78 is 5.91. The molecule has 0 bridgehead atoms. The molecule has 0 spiro atoms. The van der Waals surface area contributed by atoms with Crippen LogP contribution in [0.5, 0.6) is 0 Å². The van der Waals surface area contributed by atoms with Gasteiger partial charge in [0.05, 0.1) is 12.5 Å². The Labute approximate surface area is 130 Å². The van der Waals surface area contributed by atoms with Gasteiger partial charge in [-0.1, -0.05) is 37.3 Å². The van der Waals surface area contributed by atoms with Crippen LogP contribution >= 0.6 is 0 Å². The third-order valence-corrected chi connectivity index (χ3v) is 4.18. The molecule has 1 aromatic heterocycles. The molecule has 116 valence electrons. The van der Waals surface area contributed by atoms with Crippen LogP contribution in [0.15, 0.2) is 46.9 Å². The average molecular weight is 299 g/mol. The zero-order valence-electron chi connectivity index (χ0n) is 12.7. The van der Waals surface area contributed by atoms with Gasteiger partial charge < -0.3 is 9.52 Å². The highest BCUT2D eigenvalue weighted by molar-refractivity contribution is 5.70. The van der Waals surface area contributed by atoms with Gasteiger partial charge in [-0.15, -0.1) is 0 Å². The summed E-state index contributed by atoms with van der Waals surface area (Å²) >= 11 is 0. The highest BCUT2D eigenvalue weighted by atomic mass is 16.4. The maximum Gasteiger partial charge on any atom is 0.307 e. The zero-order chi connectivity index (χ0) is 15.5. The minimum atomic E-state index is -0.694. The first-order valence-electron chi connectivity index (χ1n) is 7.71. The van der Waals surface area contributed by atoms with Crippen molar-refractivity contribution in [1.29, 1.82) is 0 Å². The lowest BCUT2D eigenvalue weighted by Crippen LogP contribution is -2.41. The van der Waals surface area contributed by atoms with Crippen LogP contribution in [0, 0.1) is 11.8 Å². The van der Waals surface area contributed by atoms with E-state index in [2.05, 4.69) is 11.8 Å². The number of hydrogen-bond acceptors (Lipinski definition) is 3. The van der Waals surface area contributed by atoms with Crippen LogP contribution in [0.1, 0.15) is 19.1 Å². The van der Waals surface area contributed by atoms with Crippen molar-refractivity contribution >= 4 is 5.97 Å². The quantitative estimate of drug-likeness (QED) is 0.939. The monoisotopic (exact) mass is 299 g/mol. The number of carboxylic acids is 1. The molecule has 3 rings (SSSR count). The van der Waals surface area contributed by atoms with Crippen LogP contribution in [0.3, 0.4) is 0 Å². The van der Waals surface area contributed by atoms with E-state index in [1.807, 2.05) is 42.5 Å². The maximum absolute atomic E-state index is 11.2. The molecular formula is C18H21NO3. The molecule has 2 aromatic rings. The van der Waals surface area contributed by atoms with Gasteiger partial charge in [0, 0.05) is 18.7 Å². The van der Waals surface area contributed by atoms with E-state index >= 15 is 0 Å². The van der Waals surface area contributed by atoms with Crippen molar-refractivity contribution < 1.29 is 14.3 Å². The Balaban J connectivity index is 1.68. The number of piperidine rings is 1. The molecule has 1 saturated heterocycles. The normalized spacial score (nSPS) is 22.6. The van der Waals surface area contributed by atoms with Crippen LogP contribution < -0.4 is 0 Å². The number of hydrogen-bond donors (Lipinski definition) is 1. The summed E-state index contributed by atoms with van der Waals surface area (Å²) in [4.78, 5) is 13.4. The van der Waals surface area contributed by atoms with E-state index in [4.69, 9.17) is 4.42 Å². The Bertz CT molecular complexity index is 635. The molecule has 1 aromatic carbocycles. The molecule has 2 unspecified atom stereocenters. The van der Waals surface area contributed by atoms with E-state index < -0.39 is 5.97 Å². The van der Waals surface area contributed by atoms with Crippen molar-refractivity contribution in [2.24, 2.45) is 11.8 Å². The largest absolute Gasteiger partial charge is 0.481 e. The van der Waals surface area contributed by atoms with Crippen LogP contribution in [0.4, 0.5) is 0 Å². The van der Waals surface area contributed by atoms with Crippen LogP contribution in [0.2, 0.25) is 0 Å². The van der Waals surface area contributed by atoms with Crippen LogP contribution in [-0.2, 0) is 11.3 Å². The highest BCUT2D eigenvalue weighted by Crippen LogP contribution is 2.26. The first-order chi connectivity index (χ1) is 10.6. The fraction of sp³-hybridized carbons (Fsp3) is 0.389. The SMILES string of the molecule is CC1CC(C(=O)O)CN(Cc2ccc(-c3ccccc3)o2)C1. The van der Waals surface area contributed by atoms with E-state index in [0.29, 0.717) is 19.0 Å². The molecule has 4 heteroatoms. The molecule has 1 fully saturated rings. The number of aliphatic carboxylic acids is 1. The first kappa shape index (κ1) is 14.9. The van der Waals surface area contributed by atoms with Crippen molar-refractivity contribution in [3.63, 3.8) is 0 Å². The third-order valence-electron chi connectivity index (χ3n) is 4.18. The van der Waals surface area contributed by atoms with E-state index in [1.165, 1.54) is 0 Å². The first-order valence-corrected chi connectivity index (χ1v) is 7.71. The molecule has 2 atom stereocenters. The number of carboxylic acid groups (broad SMARTS) is 1. The Hall–Kier alpha value is -2.07. The summed E-state index contributed by atoms with van der Waals surface area (Å²) in [5.41, 5.74) is 1.06. The molecule has 2 heterocycles. The molecule has 1 aliphatic heterocycles. The minimum absolute atomic E-state index is 0.271. The molecule has 4 nitrogen and oxygen atoms in total. The van der Waals surface area contributed by atoms with Crippen molar-refractivity contribution in [3.8, 4) is 11.3 Å². The number of benzene rings is 1. The lowest BCUT2D eigenvalue weighted by Gasteiger charge is -2.34. The fourth-order valence-corrected chi connectivity index (χ4v) is 3.21. The lowest BCUT2D eigenvalue weighted by molar-refractivity contribution is -0.144. The number of furan rings is 1. The maximum atomic E-state index is 11.2. The molecule has 1 N–H and O–H groups in total. The van der Waals surface area contributed by atoms with Crippen molar-refractivity contribution in [2.45, 2.75) is 19.9 Å². The second kappa shape index (κ2) is 6.36. The second-order valence-electron chi connectivity index (χ2n) is 6.20. The standard InChI is InChI=1S/C18H21NO3/c1-13-9-15(18(20)21)11-19(10-13)12-16-7-8-17(22-16)14-5-3-2-4-6-14/h2-8,13,15H,9-12H2,1H3,(H,20,21). The number of rotatable bonds is 4. The summed E-state index contributed by atoms with van der Waals surface area (Å²) in [5, 5.41) is 9.24. The molecule has 0 aliphatic carbocycles. The van der Waals surface area contributed by atoms with Gasteiger partial charge in [-0.05, 0) is 24.5 Å². The van der Waals surface area contributed by atoms with E-state index in [0.717, 1.165) is 30.0 Å². The molecule has 22 heavy (non-hydrogen) atoms. The Morgan fingerprint density at radius 1 is 1.23 bits per heavy atom. The Morgan fingerprint density at radius 3 is 2.73 bits per heavy atom. The Kier molecular flexibility index (Phi) is 4.29. The molecular weight excluding hydrogens is 278 g/mol. The van der Waals surface area contributed by atoms with Crippen LogP contribution in [-0.4, -0.2) is 29.1 Å². The van der Waals surface area contributed by atoms with Crippen molar-refractivity contribution in [3.05, 3.63) is 48.2 Å². The zero-order valence-corrected chi connectivity index (χ0v) is 12.7. The summed E-state index contributed by atoms with van der Waals surface area (Å²) in [6.07, 6.45) is 0.763. The topological polar surface area (TPSA) is 53.7 Å². The molecule has 0 saturated carbocycles. The van der Waals surface area contributed by atoms with E-state index in [-0.39, 0.29) is 5.92 Å². The lowest BCUT2D eigenvalue weighted by atomic mass is 9.90. The van der Waals surface area contributed by atoms with Gasteiger partial charge in [-0.2, -0.15) is 0 Å². The summed E-state index contributed by atoms with van der Waals surface area (Å²) in [5.74, 6) is 1.18. The molecule has 0 radical (unpaired) electrons. The highest BCUT2D eigenvalue weighted by Gasteiger charge is 2.29. The summed E-state index contributed by atoms with van der Waals surface area (Å²) in [6, 6.07) is 14.0. The minimum Gasteiger partial charge on any atom is -0.481 e. The smallest absolute Gasteiger partial charge is 0.307 e. The predicted molar refractivity (Wildman–Crippen MR) is 84.3 cm³/mol. The van der Waals surface area contributed by atoms with Gasteiger partial charge in [-0.25, -0.2) is 0 Å². The van der Waals surface area contributed by atoms with Crippen molar-refractivity contribution in [2.75, 3.05) is 13.1 Å². The number of likely N-dealkylation sites (tertiary alicyclic amines) is 1. The number of carbonyl (C=O) groups is 1. The van der Waals surface area contributed by atoms with Gasteiger partial charge >= 0.3 is 5.97 Å². The van der Waals surface area contributed by atoms with Gasteiger partial charge in [0.2, 0.25) is 0 Å². The van der Waals surface area contributed by atoms with Gasteiger partial charge in [-0.3, -0.25) is 9.69 Å². The molecule has 0 amide bonds. The predicted octanol–water partition coefficient (Wildman–Crippen LogP) is 3.49. The third kappa shape index (κ3) is 3.39. The Morgan fingerprint density at radius 2 is 2.00 bits per heavy atom. The van der Waals surface area contributed by atoms with Crippen molar-refractivity contribution in [1.82, 2.24) is 4.90 Å². The average Bonchev–Trinajstić information content (AvgIpc) is 2.96. The fourth-order valence-electron chi connectivity index (χ4n) is 3.21. The van der Waals surface area contributed by atoms with Crippen LogP contribution in [0.25, 0.3) is 11.3 Å². The second-order valence-corrected chi connectivity index (χ2v) is 6.20. The van der Waals surface area contributed by atoms with Gasteiger partial charge in [0.1, 0.15) is 11.5 Å². The van der Waals surface area contributed by atoms with Gasteiger partial charge in [0.25, 0.3) is 0 Å². The summed E-state index contributed by atoms with van der Waals surface area (Å²) in [6.45, 7) is 4.30. The van der Waals surface area contributed by atoms with E-state index in [1.54, 1.807) is 0 Å². The number of nitrogens with zero attached hydrogens (tertiary/aromatic N) is 1. The molecule has 1 aliphatic rings.